The molecule has 3 heterocycles. The van der Waals surface area contributed by atoms with E-state index in [1.165, 1.54) is 10.7 Å². The predicted octanol–water partition coefficient (Wildman–Crippen LogP) is 2.55. The van der Waals surface area contributed by atoms with E-state index in [1.54, 1.807) is 36.5 Å². The molecule has 3 aromatic rings. The summed E-state index contributed by atoms with van der Waals surface area (Å²) in [6, 6.07) is 10.2. The van der Waals surface area contributed by atoms with E-state index >= 15 is 0 Å². The number of rotatable bonds is 6. The van der Waals surface area contributed by atoms with E-state index < -0.39 is 5.82 Å². The van der Waals surface area contributed by atoms with Gasteiger partial charge >= 0.3 is 0 Å². The standard InChI is InChI=1S/C20H20FN5O2S/c1-13-19(23-24-26(13)17-7-3-2-6-16(17)21)20(28)22-10-14-9-18(27)25(11-14)12-15-5-4-8-29-15/h2-8,14H,9-12H2,1H3,(H,22,28). The number of carbonyl (C=O) groups excluding carboxylic acids is 2. The minimum Gasteiger partial charge on any atom is -0.350 e. The molecule has 150 valence electrons. The molecule has 1 saturated heterocycles. The number of amides is 2. The van der Waals surface area contributed by atoms with Gasteiger partial charge in [0.2, 0.25) is 5.91 Å². The van der Waals surface area contributed by atoms with Crippen LogP contribution in [0.4, 0.5) is 4.39 Å². The highest BCUT2D eigenvalue weighted by atomic mass is 32.1. The van der Waals surface area contributed by atoms with Gasteiger partial charge in [-0.25, -0.2) is 9.07 Å². The summed E-state index contributed by atoms with van der Waals surface area (Å²) >= 11 is 1.62. The van der Waals surface area contributed by atoms with Gasteiger partial charge in [-0.05, 0) is 30.5 Å². The van der Waals surface area contributed by atoms with Crippen molar-refractivity contribution in [2.45, 2.75) is 19.9 Å². The molecule has 0 spiro atoms. The number of para-hydroxylation sites is 1. The molecule has 0 bridgehead atoms. The number of hydrogen-bond acceptors (Lipinski definition) is 5. The lowest BCUT2D eigenvalue weighted by Gasteiger charge is -2.15. The molecule has 1 unspecified atom stereocenters. The second-order valence-corrected chi connectivity index (χ2v) is 8.05. The third-order valence-electron chi connectivity index (χ3n) is 4.96. The van der Waals surface area contributed by atoms with Crippen molar-refractivity contribution >= 4 is 23.2 Å². The molecule has 2 aromatic heterocycles. The van der Waals surface area contributed by atoms with Crippen LogP contribution in [0.5, 0.6) is 0 Å². The zero-order chi connectivity index (χ0) is 20.4. The van der Waals surface area contributed by atoms with Crippen LogP contribution in [0.2, 0.25) is 0 Å². The maximum Gasteiger partial charge on any atom is 0.273 e. The second kappa shape index (κ2) is 8.12. The Balaban J connectivity index is 1.37. The van der Waals surface area contributed by atoms with E-state index in [-0.39, 0.29) is 29.1 Å². The van der Waals surface area contributed by atoms with Crippen LogP contribution in [0.25, 0.3) is 5.69 Å². The van der Waals surface area contributed by atoms with E-state index in [9.17, 15) is 14.0 Å². The van der Waals surface area contributed by atoms with Crippen molar-refractivity contribution in [2.75, 3.05) is 13.1 Å². The minimum absolute atomic E-state index is 0.0494. The van der Waals surface area contributed by atoms with Gasteiger partial charge in [0.25, 0.3) is 5.91 Å². The van der Waals surface area contributed by atoms with Gasteiger partial charge in [0.15, 0.2) is 5.69 Å². The van der Waals surface area contributed by atoms with E-state index in [4.69, 9.17) is 0 Å². The van der Waals surface area contributed by atoms with Crippen molar-refractivity contribution in [1.82, 2.24) is 25.2 Å². The Kier molecular flexibility index (Phi) is 5.39. The number of benzene rings is 1. The van der Waals surface area contributed by atoms with Crippen molar-refractivity contribution < 1.29 is 14.0 Å². The highest BCUT2D eigenvalue weighted by molar-refractivity contribution is 7.09. The van der Waals surface area contributed by atoms with E-state index in [2.05, 4.69) is 15.6 Å². The van der Waals surface area contributed by atoms with Gasteiger partial charge in [-0.2, -0.15) is 0 Å². The Hall–Kier alpha value is -3.07. The quantitative estimate of drug-likeness (QED) is 0.674. The van der Waals surface area contributed by atoms with Crippen LogP contribution in [0.15, 0.2) is 41.8 Å². The normalized spacial score (nSPS) is 16.4. The fourth-order valence-corrected chi connectivity index (χ4v) is 4.17. The highest BCUT2D eigenvalue weighted by Gasteiger charge is 2.30. The first-order chi connectivity index (χ1) is 14.0. The molecule has 0 radical (unpaired) electrons. The number of nitrogens with zero attached hydrogens (tertiary/aromatic N) is 4. The van der Waals surface area contributed by atoms with Gasteiger partial charge in [-0.15, -0.1) is 16.4 Å². The molecule has 1 aromatic carbocycles. The Morgan fingerprint density at radius 2 is 2.14 bits per heavy atom. The van der Waals surface area contributed by atoms with Crippen molar-refractivity contribution in [3.05, 3.63) is 63.9 Å². The Morgan fingerprint density at radius 1 is 1.31 bits per heavy atom. The first-order valence-electron chi connectivity index (χ1n) is 9.28. The lowest BCUT2D eigenvalue weighted by molar-refractivity contribution is -0.128. The third kappa shape index (κ3) is 4.04. The van der Waals surface area contributed by atoms with Crippen LogP contribution in [0.1, 0.15) is 27.5 Å². The summed E-state index contributed by atoms with van der Waals surface area (Å²) in [7, 11) is 0. The summed E-state index contributed by atoms with van der Waals surface area (Å²) < 4.78 is 15.3. The average Bonchev–Trinajstić information content (AvgIpc) is 3.42. The van der Waals surface area contributed by atoms with Crippen LogP contribution < -0.4 is 5.32 Å². The molecule has 1 fully saturated rings. The van der Waals surface area contributed by atoms with E-state index in [1.807, 2.05) is 22.4 Å². The van der Waals surface area contributed by atoms with Crippen LogP contribution in [0.3, 0.4) is 0 Å². The molecule has 1 aliphatic heterocycles. The number of nitrogens with one attached hydrogen (secondary N) is 1. The van der Waals surface area contributed by atoms with Gasteiger partial charge in [0.05, 0.1) is 12.2 Å². The fraction of sp³-hybridized carbons (Fsp3) is 0.300. The van der Waals surface area contributed by atoms with Gasteiger partial charge in [0, 0.05) is 30.3 Å². The summed E-state index contributed by atoms with van der Waals surface area (Å²) in [5.74, 6) is -0.676. The number of aromatic nitrogens is 3. The SMILES string of the molecule is Cc1c(C(=O)NCC2CC(=O)N(Cc3cccs3)C2)nnn1-c1ccccc1F. The lowest BCUT2D eigenvalue weighted by Crippen LogP contribution is -2.31. The number of likely N-dealkylation sites (tertiary alicyclic amines) is 1. The highest BCUT2D eigenvalue weighted by Crippen LogP contribution is 2.22. The average molecular weight is 413 g/mol. The number of carbonyl (C=O) groups is 2. The fourth-order valence-electron chi connectivity index (χ4n) is 3.45. The molecule has 4 rings (SSSR count). The molecule has 1 N–H and O–H groups in total. The number of hydrogen-bond donors (Lipinski definition) is 1. The first-order valence-corrected chi connectivity index (χ1v) is 10.2. The largest absolute Gasteiger partial charge is 0.350 e. The molecule has 2 amide bonds. The smallest absolute Gasteiger partial charge is 0.273 e. The maximum atomic E-state index is 14.0. The van der Waals surface area contributed by atoms with Gasteiger partial charge in [-0.3, -0.25) is 9.59 Å². The third-order valence-corrected chi connectivity index (χ3v) is 5.82. The van der Waals surface area contributed by atoms with Crippen molar-refractivity contribution in [3.8, 4) is 5.69 Å². The summed E-state index contributed by atoms with van der Waals surface area (Å²) in [6.07, 6.45) is 0.409. The Bertz CT molecular complexity index is 1030. The van der Waals surface area contributed by atoms with Crippen LogP contribution in [-0.4, -0.2) is 44.8 Å². The van der Waals surface area contributed by atoms with E-state index in [0.717, 1.165) is 4.88 Å². The summed E-state index contributed by atoms with van der Waals surface area (Å²) in [4.78, 5) is 27.7. The Morgan fingerprint density at radius 3 is 2.90 bits per heavy atom. The molecule has 7 nitrogen and oxygen atoms in total. The molecular formula is C20H20FN5O2S. The van der Waals surface area contributed by atoms with Crippen molar-refractivity contribution in [2.24, 2.45) is 5.92 Å². The van der Waals surface area contributed by atoms with Gasteiger partial charge in [0.1, 0.15) is 11.5 Å². The number of thiophene rings is 1. The first kappa shape index (κ1) is 19.3. The molecule has 1 aliphatic rings. The zero-order valence-electron chi connectivity index (χ0n) is 15.8. The molecule has 9 heteroatoms. The summed E-state index contributed by atoms with van der Waals surface area (Å²) in [5.41, 5.74) is 0.838. The summed E-state index contributed by atoms with van der Waals surface area (Å²) in [5, 5.41) is 12.7. The van der Waals surface area contributed by atoms with Crippen molar-refractivity contribution in [1.29, 1.82) is 0 Å². The molecule has 1 atom stereocenters. The lowest BCUT2D eigenvalue weighted by atomic mass is 10.1. The summed E-state index contributed by atoms with van der Waals surface area (Å²) in [6.45, 7) is 3.26. The maximum absolute atomic E-state index is 14.0. The van der Waals surface area contributed by atoms with Gasteiger partial charge in [-0.1, -0.05) is 23.4 Å². The Labute approximate surface area is 171 Å². The van der Waals surface area contributed by atoms with Crippen molar-refractivity contribution in [3.63, 3.8) is 0 Å². The monoisotopic (exact) mass is 413 g/mol. The predicted molar refractivity (Wildman–Crippen MR) is 106 cm³/mol. The molecule has 29 heavy (non-hydrogen) atoms. The molecule has 0 saturated carbocycles. The minimum atomic E-state index is -0.442. The van der Waals surface area contributed by atoms with E-state index in [0.29, 0.717) is 31.7 Å². The molecular weight excluding hydrogens is 393 g/mol. The van der Waals surface area contributed by atoms with Gasteiger partial charge < -0.3 is 10.2 Å². The number of halogens is 1. The van der Waals surface area contributed by atoms with Crippen LogP contribution in [0, 0.1) is 18.7 Å². The zero-order valence-corrected chi connectivity index (χ0v) is 16.7. The van der Waals surface area contributed by atoms with Crippen LogP contribution >= 0.6 is 11.3 Å². The second-order valence-electron chi connectivity index (χ2n) is 7.02. The molecule has 0 aliphatic carbocycles. The van der Waals surface area contributed by atoms with Crippen LogP contribution in [-0.2, 0) is 11.3 Å². The topological polar surface area (TPSA) is 80.1 Å².